The molecule has 8 aromatic carbocycles. The average Bonchev–Trinajstić information content (AvgIpc) is 3.88. The van der Waals surface area contributed by atoms with Crippen LogP contribution in [0.15, 0.2) is 186 Å². The van der Waals surface area contributed by atoms with Crippen LogP contribution >= 0.6 is 11.3 Å². The van der Waals surface area contributed by atoms with Gasteiger partial charge in [-0.3, -0.25) is 0 Å². The molecule has 0 radical (unpaired) electrons. The van der Waals surface area contributed by atoms with Crippen molar-refractivity contribution in [1.82, 2.24) is 4.57 Å². The largest absolute Gasteiger partial charge is 0.454 e. The van der Waals surface area contributed by atoms with Crippen LogP contribution in [0.5, 0.6) is 0 Å². The molecule has 0 atom stereocenters. The molecule has 0 amide bonds. The van der Waals surface area contributed by atoms with Gasteiger partial charge >= 0.3 is 0 Å². The highest BCUT2D eigenvalue weighted by atomic mass is 32.1. The van der Waals surface area contributed by atoms with Crippen LogP contribution in [0, 0.1) is 0 Å². The van der Waals surface area contributed by atoms with Crippen molar-refractivity contribution in [2.45, 2.75) is 0 Å². The molecule has 0 N–H and O–H groups in total. The third kappa shape index (κ3) is 4.45. The minimum Gasteiger partial charge on any atom is -0.454 e. The zero-order chi connectivity index (χ0) is 34.2. The molecule has 0 unspecified atom stereocenters. The summed E-state index contributed by atoms with van der Waals surface area (Å²) in [5, 5.41) is 7.29. The number of thiophene rings is 1. The third-order valence-corrected chi connectivity index (χ3v) is 11.5. The lowest BCUT2D eigenvalue weighted by Gasteiger charge is -2.26. The Labute approximate surface area is 303 Å². The van der Waals surface area contributed by atoms with Crippen LogP contribution in [0.4, 0.5) is 17.1 Å². The van der Waals surface area contributed by atoms with E-state index in [1.165, 1.54) is 47.6 Å². The second-order valence-corrected chi connectivity index (χ2v) is 14.4. The van der Waals surface area contributed by atoms with Crippen molar-refractivity contribution in [3.63, 3.8) is 0 Å². The molecular weight excluding hydrogens is 653 g/mol. The second-order valence-electron chi connectivity index (χ2n) is 13.3. The number of fused-ring (bicyclic) bond motifs is 9. The van der Waals surface area contributed by atoms with Gasteiger partial charge in [0.2, 0.25) is 0 Å². The molecule has 11 aromatic rings. The van der Waals surface area contributed by atoms with E-state index >= 15 is 0 Å². The first-order valence-electron chi connectivity index (χ1n) is 17.6. The maximum atomic E-state index is 6.65. The molecule has 3 aromatic heterocycles. The molecule has 0 spiro atoms. The van der Waals surface area contributed by atoms with Crippen LogP contribution < -0.4 is 4.90 Å². The summed E-state index contributed by atoms with van der Waals surface area (Å²) in [6.45, 7) is 0. The summed E-state index contributed by atoms with van der Waals surface area (Å²) in [6.07, 6.45) is 0. The fourth-order valence-corrected chi connectivity index (χ4v) is 9.08. The fourth-order valence-electron chi connectivity index (χ4n) is 8.00. The minimum absolute atomic E-state index is 0.867. The van der Waals surface area contributed by atoms with Crippen LogP contribution in [0.3, 0.4) is 0 Å². The molecule has 0 aliphatic carbocycles. The number of rotatable bonds is 5. The molecule has 4 heteroatoms. The Hall–Kier alpha value is -6.62. The standard InChI is InChI=1S/C48H30N2OS/c1-2-11-33(12-3-1)50-42-17-7-4-13-36(42)37-27-26-35(30-44(37)50)49(43-18-10-16-40-38-14-5-8-19-45(38)51-48(40)43)34-24-21-31(22-25-34)32-23-28-47-41(29-32)39-15-6-9-20-46(39)52-47/h1-30H. The molecule has 11 rings (SSSR count). The third-order valence-electron chi connectivity index (χ3n) is 10.4. The molecule has 244 valence electrons. The Morgan fingerprint density at radius 2 is 1.10 bits per heavy atom. The molecule has 3 nitrogen and oxygen atoms in total. The SMILES string of the molecule is c1ccc(-n2c3ccccc3c3ccc(N(c4ccc(-c5ccc6sc7ccccc7c6c5)cc4)c4cccc5c4oc4ccccc45)cc32)cc1. The van der Waals surface area contributed by atoms with E-state index < -0.39 is 0 Å². The molecule has 0 saturated heterocycles. The molecular formula is C48H30N2OS. The van der Waals surface area contributed by atoms with E-state index in [1.54, 1.807) is 0 Å². The summed E-state index contributed by atoms with van der Waals surface area (Å²) < 4.78 is 11.7. The van der Waals surface area contributed by atoms with E-state index in [1.807, 2.05) is 17.4 Å². The molecule has 0 fully saturated rings. The zero-order valence-electron chi connectivity index (χ0n) is 28.0. The van der Waals surface area contributed by atoms with Crippen molar-refractivity contribution in [1.29, 1.82) is 0 Å². The fraction of sp³-hybridized carbons (Fsp3) is 0. The number of para-hydroxylation sites is 4. The molecule has 0 saturated carbocycles. The van der Waals surface area contributed by atoms with Crippen molar-refractivity contribution >= 4 is 92.3 Å². The summed E-state index contributed by atoms with van der Waals surface area (Å²) in [5.74, 6) is 0. The normalized spacial score (nSPS) is 11.8. The highest BCUT2D eigenvalue weighted by Crippen LogP contribution is 2.44. The lowest BCUT2D eigenvalue weighted by Crippen LogP contribution is -2.10. The molecule has 3 heterocycles. The van der Waals surface area contributed by atoms with Gasteiger partial charge in [-0.15, -0.1) is 11.3 Å². The van der Waals surface area contributed by atoms with E-state index in [2.05, 4.69) is 185 Å². The first-order valence-corrected chi connectivity index (χ1v) is 18.4. The van der Waals surface area contributed by atoms with E-state index in [0.717, 1.165) is 50.2 Å². The predicted octanol–water partition coefficient (Wildman–Crippen LogP) is 14.2. The summed E-state index contributed by atoms with van der Waals surface area (Å²) in [7, 11) is 0. The van der Waals surface area contributed by atoms with Crippen molar-refractivity contribution in [2.75, 3.05) is 4.90 Å². The topological polar surface area (TPSA) is 21.3 Å². The van der Waals surface area contributed by atoms with Crippen LogP contribution in [-0.2, 0) is 0 Å². The van der Waals surface area contributed by atoms with Crippen LogP contribution in [0.2, 0.25) is 0 Å². The van der Waals surface area contributed by atoms with Gasteiger partial charge in [0.15, 0.2) is 5.58 Å². The van der Waals surface area contributed by atoms with Crippen molar-refractivity contribution in [3.05, 3.63) is 182 Å². The number of hydrogen-bond donors (Lipinski definition) is 0. The van der Waals surface area contributed by atoms with E-state index in [4.69, 9.17) is 4.42 Å². The van der Waals surface area contributed by atoms with Crippen molar-refractivity contribution in [2.24, 2.45) is 0 Å². The summed E-state index contributed by atoms with van der Waals surface area (Å²) in [4.78, 5) is 2.34. The molecule has 0 aliphatic rings. The zero-order valence-corrected chi connectivity index (χ0v) is 28.8. The van der Waals surface area contributed by atoms with Gasteiger partial charge in [0.1, 0.15) is 5.58 Å². The van der Waals surface area contributed by atoms with Gasteiger partial charge in [-0.25, -0.2) is 0 Å². The van der Waals surface area contributed by atoms with Gasteiger partial charge in [0.25, 0.3) is 0 Å². The first-order chi connectivity index (χ1) is 25.8. The first kappa shape index (κ1) is 29.1. The number of aromatic nitrogens is 1. The van der Waals surface area contributed by atoms with Crippen molar-refractivity contribution < 1.29 is 4.42 Å². The van der Waals surface area contributed by atoms with Crippen LogP contribution in [0.1, 0.15) is 0 Å². The number of anilines is 3. The summed E-state index contributed by atoms with van der Waals surface area (Å²) >= 11 is 1.85. The predicted molar refractivity (Wildman–Crippen MR) is 221 cm³/mol. The van der Waals surface area contributed by atoms with E-state index in [9.17, 15) is 0 Å². The number of nitrogens with zero attached hydrogens (tertiary/aromatic N) is 2. The van der Waals surface area contributed by atoms with Crippen LogP contribution in [-0.4, -0.2) is 4.57 Å². The Kier molecular flexibility index (Phi) is 6.42. The molecule has 52 heavy (non-hydrogen) atoms. The Balaban J connectivity index is 1.12. The van der Waals surface area contributed by atoms with Gasteiger partial charge in [-0.05, 0) is 83.9 Å². The number of furan rings is 1. The lowest BCUT2D eigenvalue weighted by molar-refractivity contribution is 0.669. The van der Waals surface area contributed by atoms with Gasteiger partial charge < -0.3 is 13.9 Å². The highest BCUT2D eigenvalue weighted by Gasteiger charge is 2.21. The smallest absolute Gasteiger partial charge is 0.159 e. The number of benzene rings is 8. The number of hydrogen-bond acceptors (Lipinski definition) is 3. The minimum atomic E-state index is 0.867. The van der Waals surface area contributed by atoms with Gasteiger partial charge in [0.05, 0.1) is 16.7 Å². The van der Waals surface area contributed by atoms with E-state index in [0.29, 0.717) is 0 Å². The monoisotopic (exact) mass is 682 g/mol. The molecule has 0 aliphatic heterocycles. The Bertz CT molecular complexity index is 3130. The second kappa shape index (κ2) is 11.5. The van der Waals surface area contributed by atoms with Gasteiger partial charge in [-0.1, -0.05) is 109 Å². The van der Waals surface area contributed by atoms with E-state index in [-0.39, 0.29) is 0 Å². The lowest BCUT2D eigenvalue weighted by atomic mass is 10.0. The van der Waals surface area contributed by atoms with Gasteiger partial charge in [-0.2, -0.15) is 0 Å². The maximum absolute atomic E-state index is 6.65. The molecule has 0 bridgehead atoms. The average molecular weight is 683 g/mol. The summed E-state index contributed by atoms with van der Waals surface area (Å²) in [6, 6.07) is 65.4. The highest BCUT2D eigenvalue weighted by molar-refractivity contribution is 7.25. The Morgan fingerprint density at radius 1 is 0.423 bits per heavy atom. The van der Waals surface area contributed by atoms with Crippen molar-refractivity contribution in [3.8, 4) is 16.8 Å². The maximum Gasteiger partial charge on any atom is 0.159 e. The Morgan fingerprint density at radius 3 is 1.98 bits per heavy atom. The van der Waals surface area contributed by atoms with Gasteiger partial charge in [0, 0.05) is 58.8 Å². The quantitative estimate of drug-likeness (QED) is 0.180. The van der Waals surface area contributed by atoms with Crippen LogP contribution in [0.25, 0.3) is 80.7 Å². The summed E-state index contributed by atoms with van der Waals surface area (Å²) in [5.41, 5.74) is 10.7.